The Labute approximate surface area is 111 Å². The van der Waals surface area contributed by atoms with Crippen LogP contribution >= 0.6 is 0 Å². The minimum atomic E-state index is 1.09. The van der Waals surface area contributed by atoms with E-state index in [1.165, 1.54) is 43.4 Å². The number of benzene rings is 1. The molecule has 0 saturated carbocycles. The predicted octanol–water partition coefficient (Wildman–Crippen LogP) is 3.83. The van der Waals surface area contributed by atoms with E-state index in [0.29, 0.717) is 0 Å². The predicted molar refractivity (Wildman–Crippen MR) is 78.7 cm³/mol. The lowest BCUT2D eigenvalue weighted by Gasteiger charge is -2.18. The molecule has 0 unspecified atom stereocenters. The molecule has 96 valence electrons. The first-order valence-corrected chi connectivity index (χ1v) is 6.92. The summed E-state index contributed by atoms with van der Waals surface area (Å²) in [5.74, 6) is 0. The fourth-order valence-electron chi connectivity index (χ4n) is 2.37. The van der Waals surface area contributed by atoms with E-state index in [4.69, 9.17) is 0 Å². The van der Waals surface area contributed by atoms with Crippen LogP contribution in [0, 0.1) is 0 Å². The van der Waals surface area contributed by atoms with Crippen LogP contribution in [0.1, 0.15) is 24.8 Å². The fraction of sp³-hybridized carbons (Fsp3) is 0.412. The molecule has 0 fully saturated rings. The molecule has 1 aromatic rings. The third kappa shape index (κ3) is 4.50. The average molecular weight is 241 g/mol. The number of allylic oxidation sites excluding steroid dienone is 2. The maximum absolute atomic E-state index is 2.42. The maximum Gasteiger partial charge on any atom is 0.0227 e. The Morgan fingerprint density at radius 2 is 1.94 bits per heavy atom. The summed E-state index contributed by atoms with van der Waals surface area (Å²) >= 11 is 0. The third-order valence-corrected chi connectivity index (χ3v) is 3.37. The Morgan fingerprint density at radius 3 is 2.67 bits per heavy atom. The highest BCUT2D eigenvalue weighted by atomic mass is 15.1. The summed E-state index contributed by atoms with van der Waals surface area (Å²) < 4.78 is 0. The van der Waals surface area contributed by atoms with Gasteiger partial charge in [0.2, 0.25) is 0 Å². The minimum Gasteiger partial charge on any atom is -0.302 e. The molecule has 0 aliphatic heterocycles. The molecular formula is C17H23N. The van der Waals surface area contributed by atoms with Gasteiger partial charge in [-0.1, -0.05) is 48.6 Å². The van der Waals surface area contributed by atoms with Crippen molar-refractivity contribution in [1.29, 1.82) is 0 Å². The molecule has 0 radical (unpaired) electrons. The van der Waals surface area contributed by atoms with Gasteiger partial charge >= 0.3 is 0 Å². The number of rotatable bonds is 6. The van der Waals surface area contributed by atoms with Crippen LogP contribution < -0.4 is 0 Å². The summed E-state index contributed by atoms with van der Waals surface area (Å²) in [6.07, 6.45) is 11.8. The first kappa shape index (κ1) is 13.1. The van der Waals surface area contributed by atoms with Crippen LogP contribution in [-0.2, 0) is 6.42 Å². The summed E-state index contributed by atoms with van der Waals surface area (Å²) in [5, 5.41) is 0. The summed E-state index contributed by atoms with van der Waals surface area (Å²) in [6.45, 7) is 2.26. The number of nitrogens with zero attached hydrogens (tertiary/aromatic N) is 1. The van der Waals surface area contributed by atoms with E-state index in [2.05, 4.69) is 60.5 Å². The molecule has 2 rings (SSSR count). The van der Waals surface area contributed by atoms with Crippen LogP contribution in [0.2, 0.25) is 0 Å². The van der Waals surface area contributed by atoms with E-state index < -0.39 is 0 Å². The SMILES string of the molecule is CN(CCCc1ccccc1)CC1=CCCC=C1. The number of hydrogen-bond acceptors (Lipinski definition) is 1. The maximum atomic E-state index is 2.42. The Morgan fingerprint density at radius 1 is 1.11 bits per heavy atom. The first-order valence-electron chi connectivity index (χ1n) is 6.92. The van der Waals surface area contributed by atoms with Crippen molar-refractivity contribution in [1.82, 2.24) is 4.90 Å². The fourth-order valence-corrected chi connectivity index (χ4v) is 2.37. The molecule has 1 heteroatoms. The van der Waals surface area contributed by atoms with Crippen molar-refractivity contribution in [3.8, 4) is 0 Å². The second kappa shape index (κ2) is 7.17. The Hall–Kier alpha value is -1.34. The van der Waals surface area contributed by atoms with Crippen molar-refractivity contribution >= 4 is 0 Å². The van der Waals surface area contributed by atoms with Crippen molar-refractivity contribution in [2.24, 2.45) is 0 Å². The highest BCUT2D eigenvalue weighted by molar-refractivity contribution is 5.23. The lowest BCUT2D eigenvalue weighted by Crippen LogP contribution is -2.22. The topological polar surface area (TPSA) is 3.24 Å². The van der Waals surface area contributed by atoms with Crippen molar-refractivity contribution in [2.45, 2.75) is 25.7 Å². The molecule has 18 heavy (non-hydrogen) atoms. The highest BCUT2D eigenvalue weighted by Crippen LogP contribution is 2.11. The molecule has 1 aliphatic rings. The lowest BCUT2D eigenvalue weighted by atomic mass is 10.1. The number of hydrogen-bond donors (Lipinski definition) is 0. The van der Waals surface area contributed by atoms with Gasteiger partial charge in [-0.15, -0.1) is 0 Å². The van der Waals surface area contributed by atoms with Gasteiger partial charge in [0.05, 0.1) is 0 Å². The average Bonchev–Trinajstić information content (AvgIpc) is 2.41. The molecule has 1 aromatic carbocycles. The van der Waals surface area contributed by atoms with Gasteiger partial charge in [0.25, 0.3) is 0 Å². The van der Waals surface area contributed by atoms with E-state index >= 15 is 0 Å². The van der Waals surface area contributed by atoms with Gasteiger partial charge in [0, 0.05) is 6.54 Å². The minimum absolute atomic E-state index is 1.09. The van der Waals surface area contributed by atoms with Crippen LogP contribution in [0.25, 0.3) is 0 Å². The summed E-state index contributed by atoms with van der Waals surface area (Å²) in [7, 11) is 2.22. The normalized spacial score (nSPS) is 14.9. The molecule has 0 spiro atoms. The van der Waals surface area contributed by atoms with Gasteiger partial charge in [0.15, 0.2) is 0 Å². The van der Waals surface area contributed by atoms with E-state index in [1.54, 1.807) is 0 Å². The Balaban J connectivity index is 1.67. The van der Waals surface area contributed by atoms with E-state index in [9.17, 15) is 0 Å². The zero-order valence-corrected chi connectivity index (χ0v) is 11.3. The Bertz CT molecular complexity index is 403. The van der Waals surface area contributed by atoms with Gasteiger partial charge in [0.1, 0.15) is 0 Å². The molecule has 0 saturated heterocycles. The van der Waals surface area contributed by atoms with Crippen molar-refractivity contribution < 1.29 is 0 Å². The second-order valence-corrected chi connectivity index (χ2v) is 5.09. The highest BCUT2D eigenvalue weighted by Gasteiger charge is 2.02. The molecule has 0 N–H and O–H groups in total. The van der Waals surface area contributed by atoms with Gasteiger partial charge < -0.3 is 4.90 Å². The quantitative estimate of drug-likeness (QED) is 0.731. The zero-order valence-electron chi connectivity index (χ0n) is 11.3. The van der Waals surface area contributed by atoms with Crippen molar-refractivity contribution in [3.05, 3.63) is 59.7 Å². The van der Waals surface area contributed by atoms with Crippen LogP contribution in [0.4, 0.5) is 0 Å². The van der Waals surface area contributed by atoms with Gasteiger partial charge in [-0.25, -0.2) is 0 Å². The summed E-state index contributed by atoms with van der Waals surface area (Å²) in [5.41, 5.74) is 2.92. The molecule has 0 heterocycles. The number of aryl methyl sites for hydroxylation is 1. The van der Waals surface area contributed by atoms with E-state index in [-0.39, 0.29) is 0 Å². The van der Waals surface area contributed by atoms with Crippen molar-refractivity contribution in [2.75, 3.05) is 20.1 Å². The largest absolute Gasteiger partial charge is 0.302 e. The van der Waals surface area contributed by atoms with Gasteiger partial charge in [-0.2, -0.15) is 0 Å². The molecule has 0 amide bonds. The molecule has 0 atom stereocenters. The van der Waals surface area contributed by atoms with E-state index in [0.717, 1.165) is 6.54 Å². The van der Waals surface area contributed by atoms with E-state index in [1.807, 2.05) is 0 Å². The molecular weight excluding hydrogens is 218 g/mol. The van der Waals surface area contributed by atoms with Gasteiger partial charge in [-0.05, 0) is 50.4 Å². The second-order valence-electron chi connectivity index (χ2n) is 5.09. The standard InChI is InChI=1S/C17H23N/c1-18(15-17-11-6-3-7-12-17)14-8-13-16-9-4-2-5-10-16/h2,4-6,9-12H,3,7-8,13-15H2,1H3. The molecule has 0 aromatic heterocycles. The van der Waals surface area contributed by atoms with Crippen LogP contribution in [-0.4, -0.2) is 25.0 Å². The monoisotopic (exact) mass is 241 g/mol. The lowest BCUT2D eigenvalue weighted by molar-refractivity contribution is 0.358. The molecule has 1 aliphatic carbocycles. The number of likely N-dealkylation sites (N-methyl/N-ethyl adjacent to an activating group) is 1. The summed E-state index contributed by atoms with van der Waals surface area (Å²) in [6, 6.07) is 10.8. The van der Waals surface area contributed by atoms with Crippen LogP contribution in [0.5, 0.6) is 0 Å². The van der Waals surface area contributed by atoms with Crippen LogP contribution in [0.3, 0.4) is 0 Å². The van der Waals surface area contributed by atoms with Crippen molar-refractivity contribution in [3.63, 3.8) is 0 Å². The third-order valence-electron chi connectivity index (χ3n) is 3.37. The van der Waals surface area contributed by atoms with Gasteiger partial charge in [-0.3, -0.25) is 0 Å². The zero-order chi connectivity index (χ0) is 12.6. The first-order chi connectivity index (χ1) is 8.84. The summed E-state index contributed by atoms with van der Waals surface area (Å²) in [4.78, 5) is 2.42. The molecule has 1 nitrogen and oxygen atoms in total. The molecule has 0 bridgehead atoms. The van der Waals surface area contributed by atoms with Crippen LogP contribution in [0.15, 0.2) is 54.1 Å². The smallest absolute Gasteiger partial charge is 0.0227 e. The Kier molecular flexibility index (Phi) is 5.22.